The molecule has 7 rings (SSSR count). The number of hydrogen-bond acceptors (Lipinski definition) is 7. The first-order chi connectivity index (χ1) is 17.5. The summed E-state index contributed by atoms with van der Waals surface area (Å²) in [7, 11) is 0. The maximum absolute atomic E-state index is 16.1. The van der Waals surface area contributed by atoms with Crippen molar-refractivity contribution in [2.45, 2.75) is 13.8 Å². The van der Waals surface area contributed by atoms with Crippen molar-refractivity contribution < 1.29 is 9.18 Å². The highest BCUT2D eigenvalue weighted by Gasteiger charge is 2.21. The number of aromatic nitrogens is 8. The second-order valence-corrected chi connectivity index (χ2v) is 9.87. The van der Waals surface area contributed by atoms with Gasteiger partial charge in [0.1, 0.15) is 27.4 Å². The molecule has 0 radical (unpaired) electrons. The van der Waals surface area contributed by atoms with Crippen LogP contribution in [0.5, 0.6) is 0 Å². The molecule has 0 saturated carbocycles. The summed E-state index contributed by atoms with van der Waals surface area (Å²) in [6.07, 6.45) is 6.29. The summed E-state index contributed by atoms with van der Waals surface area (Å²) in [5, 5.41) is 6.64. The van der Waals surface area contributed by atoms with Crippen LogP contribution in [-0.2, 0) is 0 Å². The van der Waals surface area contributed by atoms with Gasteiger partial charge in [-0.15, -0.1) is 11.3 Å². The van der Waals surface area contributed by atoms with Gasteiger partial charge in [-0.25, -0.2) is 19.3 Å². The van der Waals surface area contributed by atoms with Gasteiger partial charge in [-0.05, 0) is 24.3 Å². The molecule has 11 heteroatoms. The Balaban J connectivity index is 1.77. The molecule has 36 heavy (non-hydrogen) atoms. The van der Waals surface area contributed by atoms with E-state index in [4.69, 9.17) is 4.98 Å². The molecule has 0 amide bonds. The van der Waals surface area contributed by atoms with E-state index in [0.717, 1.165) is 4.70 Å². The predicted octanol–water partition coefficient (Wildman–Crippen LogP) is 5.61. The lowest BCUT2D eigenvalue weighted by Crippen LogP contribution is -2.17. The van der Waals surface area contributed by atoms with Gasteiger partial charge in [0, 0.05) is 35.3 Å². The van der Waals surface area contributed by atoms with Crippen molar-refractivity contribution in [3.8, 4) is 11.3 Å². The normalized spacial score (nSPS) is 12.1. The van der Waals surface area contributed by atoms with Crippen LogP contribution in [-0.4, -0.2) is 45.6 Å². The Bertz CT molecular complexity index is 2030. The van der Waals surface area contributed by atoms with Gasteiger partial charge in [0.05, 0.1) is 27.5 Å². The predicted molar refractivity (Wildman–Crippen MR) is 137 cm³/mol. The molecule has 5 aromatic heterocycles. The Hall–Kier alpha value is -4.51. The highest BCUT2D eigenvalue weighted by Crippen LogP contribution is 2.34. The van der Waals surface area contributed by atoms with Crippen molar-refractivity contribution in [3.63, 3.8) is 0 Å². The summed E-state index contributed by atoms with van der Waals surface area (Å²) in [5.41, 5.74) is 3.70. The maximum atomic E-state index is 16.1. The van der Waals surface area contributed by atoms with Crippen LogP contribution in [0.2, 0.25) is 0 Å². The quantitative estimate of drug-likeness (QED) is 0.305. The highest BCUT2D eigenvalue weighted by atomic mass is 32.1. The molecule has 8 bridgehead atoms. The van der Waals surface area contributed by atoms with Crippen molar-refractivity contribution >= 4 is 70.9 Å². The summed E-state index contributed by atoms with van der Waals surface area (Å²) < 4.78 is 18.5. The van der Waals surface area contributed by atoms with Crippen LogP contribution in [0, 0.1) is 11.7 Å². The number of imidazole rings is 1. The fourth-order valence-electron chi connectivity index (χ4n) is 4.44. The van der Waals surface area contributed by atoms with Crippen LogP contribution in [0.4, 0.5) is 4.39 Å². The van der Waals surface area contributed by atoms with Crippen molar-refractivity contribution in [1.82, 2.24) is 39.7 Å². The number of carbonyl (C=O) groups excluding carboxylic acids is 1. The van der Waals surface area contributed by atoms with Gasteiger partial charge < -0.3 is 0 Å². The smallest absolute Gasteiger partial charge is 0.234 e. The largest absolute Gasteiger partial charge is 0.295 e. The number of carbonyl (C=O) groups is 1. The van der Waals surface area contributed by atoms with Crippen LogP contribution in [0.15, 0.2) is 49.1 Å². The molecule has 0 aliphatic carbocycles. The molecule has 0 saturated heterocycles. The number of aromatic amines is 2. The van der Waals surface area contributed by atoms with E-state index >= 15 is 4.39 Å². The second kappa shape index (κ2) is 7.49. The Kier molecular flexibility index (Phi) is 4.33. The number of fused-ring (bicyclic) bond motifs is 9. The maximum Gasteiger partial charge on any atom is 0.234 e. The second-order valence-electron chi connectivity index (χ2n) is 8.81. The van der Waals surface area contributed by atoms with E-state index in [-0.39, 0.29) is 22.8 Å². The van der Waals surface area contributed by atoms with Crippen LogP contribution in [0.1, 0.15) is 18.6 Å². The number of halogens is 1. The zero-order valence-corrected chi connectivity index (χ0v) is 19.9. The highest BCUT2D eigenvalue weighted by molar-refractivity contribution is 7.24. The van der Waals surface area contributed by atoms with Crippen molar-refractivity contribution in [2.24, 2.45) is 5.92 Å². The standard InChI is InChI=1S/C25H17FN8OS/c1-11(2)25(35)34-13-7-12(8-27-9-13)14-10-29-23-18(19(14)26)22(32-33-23)24-30-15-5-6-28-21(20(15)31-24)16-3-4-17(34)36-16/h3-11,32H,1-2H3,(H,29,33). The number of thiophene rings is 1. The van der Waals surface area contributed by atoms with Gasteiger partial charge >= 0.3 is 0 Å². The van der Waals surface area contributed by atoms with Gasteiger partial charge in [0.25, 0.3) is 0 Å². The first-order valence-electron chi connectivity index (χ1n) is 11.3. The number of nitrogens with zero attached hydrogens (tertiary/aromatic N) is 6. The molecule has 0 aromatic carbocycles. The average Bonchev–Trinajstić information content (AvgIpc) is 3.62. The third kappa shape index (κ3) is 2.92. The molecule has 2 aliphatic heterocycles. The minimum atomic E-state index is -0.493. The first-order valence-corrected chi connectivity index (χ1v) is 12.1. The van der Waals surface area contributed by atoms with E-state index in [1.807, 2.05) is 26.0 Å². The fourth-order valence-corrected chi connectivity index (χ4v) is 5.47. The Morgan fingerprint density at radius 3 is 2.81 bits per heavy atom. The molecule has 7 heterocycles. The number of hydrogen-bond donors (Lipinski definition) is 2. The summed E-state index contributed by atoms with van der Waals surface area (Å²) in [6, 6.07) is 7.33. The summed E-state index contributed by atoms with van der Waals surface area (Å²) in [4.78, 5) is 36.8. The fraction of sp³-hybridized carbons (Fsp3) is 0.120. The molecule has 0 fully saturated rings. The molecule has 2 aliphatic rings. The van der Waals surface area contributed by atoms with E-state index in [1.54, 1.807) is 35.3 Å². The average molecular weight is 497 g/mol. The van der Waals surface area contributed by atoms with Crippen LogP contribution in [0.25, 0.3) is 64.9 Å². The van der Waals surface area contributed by atoms with E-state index in [9.17, 15) is 4.79 Å². The van der Waals surface area contributed by atoms with Crippen molar-refractivity contribution in [3.05, 3.63) is 54.9 Å². The van der Waals surface area contributed by atoms with E-state index in [0.29, 0.717) is 49.3 Å². The van der Waals surface area contributed by atoms with E-state index in [2.05, 4.69) is 30.1 Å². The summed E-state index contributed by atoms with van der Waals surface area (Å²) in [6.45, 7) is 3.68. The SMILES string of the molecule is CC(C)C(=O)n1c2cncc(c2)c2cnc3[nH][nH]c(c4nc5ccnc(c6ccc1s6)c5n4)-c3c2F. The lowest BCUT2D eigenvalue weighted by Gasteiger charge is -2.10. The molecular weight excluding hydrogens is 479 g/mol. The Morgan fingerprint density at radius 1 is 1.06 bits per heavy atom. The van der Waals surface area contributed by atoms with Crippen LogP contribution < -0.4 is 0 Å². The molecule has 176 valence electrons. The van der Waals surface area contributed by atoms with E-state index in [1.165, 1.54) is 17.5 Å². The van der Waals surface area contributed by atoms with Crippen molar-refractivity contribution in [2.75, 3.05) is 0 Å². The molecule has 5 aromatic rings. The van der Waals surface area contributed by atoms with Gasteiger partial charge in [-0.2, -0.15) is 0 Å². The summed E-state index contributed by atoms with van der Waals surface area (Å²) in [5.74, 6) is -0.878. The van der Waals surface area contributed by atoms with Crippen LogP contribution >= 0.6 is 11.3 Å². The topological polar surface area (TPSA) is 118 Å². The monoisotopic (exact) mass is 496 g/mol. The van der Waals surface area contributed by atoms with Crippen molar-refractivity contribution in [1.29, 1.82) is 0 Å². The molecule has 2 N–H and O–H groups in total. The lowest BCUT2D eigenvalue weighted by atomic mass is 10.1. The Morgan fingerprint density at radius 2 is 1.94 bits per heavy atom. The number of H-pyrrole nitrogens is 2. The van der Waals surface area contributed by atoms with Gasteiger partial charge in [-0.1, -0.05) is 13.8 Å². The molecular formula is C25H17FN8OS. The molecule has 0 unspecified atom stereocenters. The zero-order valence-electron chi connectivity index (χ0n) is 19.1. The van der Waals surface area contributed by atoms with E-state index < -0.39 is 5.82 Å². The van der Waals surface area contributed by atoms with Gasteiger partial charge in [-0.3, -0.25) is 29.5 Å². The third-order valence-electron chi connectivity index (χ3n) is 6.19. The first kappa shape index (κ1) is 20.8. The minimum absolute atomic E-state index is 0.107. The van der Waals surface area contributed by atoms with Gasteiger partial charge in [0.2, 0.25) is 5.91 Å². The minimum Gasteiger partial charge on any atom is -0.295 e. The number of pyridine rings is 3. The lowest BCUT2D eigenvalue weighted by molar-refractivity contribution is 0.0865. The number of rotatable bonds is 1. The molecule has 0 atom stereocenters. The summed E-state index contributed by atoms with van der Waals surface area (Å²) >= 11 is 1.42. The third-order valence-corrected chi connectivity index (χ3v) is 7.27. The molecule has 9 nitrogen and oxygen atoms in total. The van der Waals surface area contributed by atoms with Gasteiger partial charge in [0.15, 0.2) is 11.3 Å². The zero-order chi connectivity index (χ0) is 24.6. The number of nitrogens with one attached hydrogen (secondary N) is 2. The molecule has 0 spiro atoms. The van der Waals surface area contributed by atoms with Crippen LogP contribution in [0.3, 0.4) is 0 Å². The Labute approximate surface area is 205 Å².